The lowest BCUT2D eigenvalue weighted by Gasteiger charge is -2.35. The number of rotatable bonds is 12. The molecule has 0 saturated carbocycles. The summed E-state index contributed by atoms with van der Waals surface area (Å²) < 4.78 is 22.1. The molecule has 0 unspecified atom stereocenters. The van der Waals surface area contributed by atoms with Gasteiger partial charge in [-0.05, 0) is 58.4 Å². The molecular formula is C32H46N2O7. The van der Waals surface area contributed by atoms with Gasteiger partial charge < -0.3 is 33.9 Å². The van der Waals surface area contributed by atoms with Crippen LogP contribution in [0.25, 0.3) is 0 Å². The second kappa shape index (κ2) is 14.0. The Morgan fingerprint density at radius 3 is 2.39 bits per heavy atom. The maximum Gasteiger partial charge on any atom is 0.410 e. The molecule has 41 heavy (non-hydrogen) atoms. The Balaban J connectivity index is 1.87. The molecule has 1 aliphatic heterocycles. The van der Waals surface area contributed by atoms with Crippen molar-refractivity contribution in [3.63, 3.8) is 0 Å². The highest BCUT2D eigenvalue weighted by Crippen LogP contribution is 2.34. The van der Waals surface area contributed by atoms with Crippen molar-refractivity contribution >= 4 is 12.0 Å². The Hall–Kier alpha value is -3.30. The maximum atomic E-state index is 13.9. The summed E-state index contributed by atoms with van der Waals surface area (Å²) in [6.07, 6.45) is 0.574. The number of carbonyl (C=O) groups is 2. The minimum atomic E-state index is -1.25. The van der Waals surface area contributed by atoms with Crippen LogP contribution in [0.4, 0.5) is 4.79 Å². The predicted octanol–water partition coefficient (Wildman–Crippen LogP) is 4.80. The Bertz CT molecular complexity index is 1150. The highest BCUT2D eigenvalue weighted by molar-refractivity contribution is 5.95. The molecular weight excluding hydrogens is 524 g/mol. The SMILES string of the molecule is COCCCOc1cc(C(=O)N(C[C@@H]2CN(C(=O)OC(C)(C)C)C[C@]2(O)Cc2ccccc2)C(C)C)ccc1OC. The minimum absolute atomic E-state index is 0.115. The Morgan fingerprint density at radius 1 is 1.07 bits per heavy atom. The van der Waals surface area contributed by atoms with Gasteiger partial charge in [0.25, 0.3) is 5.91 Å². The first kappa shape index (κ1) is 32.2. The van der Waals surface area contributed by atoms with Crippen molar-refractivity contribution < 1.29 is 33.6 Å². The number of amides is 2. The fourth-order valence-electron chi connectivity index (χ4n) is 5.04. The van der Waals surface area contributed by atoms with Crippen molar-refractivity contribution in [3.05, 3.63) is 59.7 Å². The van der Waals surface area contributed by atoms with Crippen molar-refractivity contribution in [2.45, 2.75) is 64.7 Å². The molecule has 2 amide bonds. The number of hydrogen-bond acceptors (Lipinski definition) is 7. The first-order valence-electron chi connectivity index (χ1n) is 14.2. The lowest BCUT2D eigenvalue weighted by molar-refractivity contribution is -0.00612. The summed E-state index contributed by atoms with van der Waals surface area (Å²) in [5, 5.41) is 12.0. The summed E-state index contributed by atoms with van der Waals surface area (Å²) in [7, 11) is 3.20. The van der Waals surface area contributed by atoms with Crippen molar-refractivity contribution in [1.82, 2.24) is 9.80 Å². The smallest absolute Gasteiger partial charge is 0.410 e. The largest absolute Gasteiger partial charge is 0.493 e. The van der Waals surface area contributed by atoms with Crippen molar-refractivity contribution in [3.8, 4) is 11.5 Å². The van der Waals surface area contributed by atoms with Gasteiger partial charge in [0.05, 0.1) is 25.9 Å². The molecule has 9 heteroatoms. The van der Waals surface area contributed by atoms with Crippen LogP contribution in [0.3, 0.4) is 0 Å². The zero-order valence-electron chi connectivity index (χ0n) is 25.5. The molecule has 9 nitrogen and oxygen atoms in total. The fourth-order valence-corrected chi connectivity index (χ4v) is 5.04. The molecule has 0 bridgehead atoms. The van der Waals surface area contributed by atoms with Gasteiger partial charge in [0.2, 0.25) is 0 Å². The van der Waals surface area contributed by atoms with E-state index in [1.54, 1.807) is 42.2 Å². The van der Waals surface area contributed by atoms with E-state index in [1.165, 1.54) is 0 Å². The zero-order valence-corrected chi connectivity index (χ0v) is 25.5. The highest BCUT2D eigenvalue weighted by atomic mass is 16.6. The van der Waals surface area contributed by atoms with Crippen LogP contribution in [0.15, 0.2) is 48.5 Å². The molecule has 1 fully saturated rings. The Kier molecular flexibility index (Phi) is 11.0. The van der Waals surface area contributed by atoms with Gasteiger partial charge >= 0.3 is 6.09 Å². The van der Waals surface area contributed by atoms with Crippen LogP contribution >= 0.6 is 0 Å². The molecule has 2 atom stereocenters. The van der Waals surface area contributed by atoms with E-state index in [-0.39, 0.29) is 31.6 Å². The van der Waals surface area contributed by atoms with Crippen molar-refractivity contribution in [1.29, 1.82) is 0 Å². The number of benzene rings is 2. The fraction of sp³-hybridized carbons (Fsp3) is 0.562. The quantitative estimate of drug-likeness (QED) is 0.366. The molecule has 0 radical (unpaired) electrons. The lowest BCUT2D eigenvalue weighted by atomic mass is 9.84. The Morgan fingerprint density at radius 2 is 1.78 bits per heavy atom. The van der Waals surface area contributed by atoms with Gasteiger partial charge in [0.1, 0.15) is 5.60 Å². The molecule has 2 aromatic carbocycles. The summed E-state index contributed by atoms with van der Waals surface area (Å²) in [6.45, 7) is 11.0. The molecule has 1 heterocycles. The number of likely N-dealkylation sites (tertiary alicyclic amines) is 1. The number of hydrogen-bond donors (Lipinski definition) is 1. The summed E-state index contributed by atoms with van der Waals surface area (Å²) >= 11 is 0. The van der Waals surface area contributed by atoms with E-state index in [1.807, 2.05) is 65.0 Å². The molecule has 1 saturated heterocycles. The standard InChI is InChI=1S/C32H46N2O7/c1-23(2)34(29(35)25-14-15-27(39-7)28(18-25)40-17-11-16-38-6)21-26-20-33(30(36)41-31(3,4)5)22-32(26,37)19-24-12-9-8-10-13-24/h8-10,12-15,18,23,26,37H,11,16-17,19-22H2,1-7H3/t26-,32+/m0/s1. The first-order valence-corrected chi connectivity index (χ1v) is 14.2. The van der Waals surface area contributed by atoms with Gasteiger partial charge in [-0.2, -0.15) is 0 Å². The van der Waals surface area contributed by atoms with Crippen LogP contribution in [0.2, 0.25) is 0 Å². The summed E-state index contributed by atoms with van der Waals surface area (Å²) in [4.78, 5) is 30.2. The second-order valence-corrected chi connectivity index (χ2v) is 11.9. The van der Waals surface area contributed by atoms with E-state index in [0.29, 0.717) is 43.1 Å². The van der Waals surface area contributed by atoms with Gasteiger partial charge in [-0.3, -0.25) is 4.79 Å². The molecule has 226 valence electrons. The highest BCUT2D eigenvalue weighted by Gasteiger charge is 2.49. The average molecular weight is 571 g/mol. The van der Waals surface area contributed by atoms with Gasteiger partial charge in [-0.25, -0.2) is 4.79 Å². The molecule has 3 rings (SSSR count). The van der Waals surface area contributed by atoms with Gasteiger partial charge in [0, 0.05) is 57.2 Å². The van der Waals surface area contributed by atoms with Crippen LogP contribution in [-0.2, 0) is 15.9 Å². The number of carbonyl (C=O) groups excluding carboxylic acids is 2. The van der Waals surface area contributed by atoms with E-state index >= 15 is 0 Å². The minimum Gasteiger partial charge on any atom is -0.493 e. The molecule has 0 aliphatic carbocycles. The topological polar surface area (TPSA) is 97.8 Å². The first-order chi connectivity index (χ1) is 19.4. The van der Waals surface area contributed by atoms with Crippen molar-refractivity contribution in [2.75, 3.05) is 47.1 Å². The van der Waals surface area contributed by atoms with Crippen LogP contribution in [0, 0.1) is 5.92 Å². The predicted molar refractivity (Wildman–Crippen MR) is 158 cm³/mol. The second-order valence-electron chi connectivity index (χ2n) is 11.9. The lowest BCUT2D eigenvalue weighted by Crippen LogP contribution is -2.49. The van der Waals surface area contributed by atoms with E-state index in [2.05, 4.69) is 0 Å². The number of aliphatic hydroxyl groups is 1. The molecule has 0 aromatic heterocycles. The van der Waals surface area contributed by atoms with Gasteiger partial charge in [-0.15, -0.1) is 0 Å². The monoisotopic (exact) mass is 570 g/mol. The summed E-state index contributed by atoms with van der Waals surface area (Å²) in [6, 6.07) is 14.7. The van der Waals surface area contributed by atoms with E-state index < -0.39 is 23.2 Å². The third-order valence-corrected chi connectivity index (χ3v) is 7.13. The number of methoxy groups -OCH3 is 2. The summed E-state index contributed by atoms with van der Waals surface area (Å²) in [5.41, 5.74) is -0.500. The third-order valence-electron chi connectivity index (χ3n) is 7.13. The molecule has 1 N–H and O–H groups in total. The molecule has 0 spiro atoms. The van der Waals surface area contributed by atoms with E-state index in [0.717, 1.165) is 5.56 Å². The number of β-amino-alcohol motifs (C(OH)–C–C–N with tert-alkyl or cyclic N) is 1. The van der Waals surface area contributed by atoms with Crippen molar-refractivity contribution in [2.24, 2.45) is 5.92 Å². The van der Waals surface area contributed by atoms with Crippen LogP contribution in [-0.4, -0.2) is 91.2 Å². The average Bonchev–Trinajstić information content (AvgIpc) is 3.24. The van der Waals surface area contributed by atoms with Crippen LogP contribution < -0.4 is 9.47 Å². The normalized spacial score (nSPS) is 18.9. The van der Waals surface area contributed by atoms with Gasteiger partial charge in [0.15, 0.2) is 11.5 Å². The molecule has 2 aromatic rings. The molecule has 1 aliphatic rings. The van der Waals surface area contributed by atoms with E-state index in [9.17, 15) is 14.7 Å². The van der Waals surface area contributed by atoms with Gasteiger partial charge in [-0.1, -0.05) is 30.3 Å². The van der Waals surface area contributed by atoms with E-state index in [4.69, 9.17) is 18.9 Å². The number of ether oxygens (including phenoxy) is 4. The third kappa shape index (κ3) is 8.84. The number of nitrogens with zero attached hydrogens (tertiary/aromatic N) is 2. The maximum absolute atomic E-state index is 13.9. The zero-order chi connectivity index (χ0) is 30.2. The Labute approximate surface area is 244 Å². The summed E-state index contributed by atoms with van der Waals surface area (Å²) in [5.74, 6) is 0.429. The van der Waals surface area contributed by atoms with Crippen LogP contribution in [0.5, 0.6) is 11.5 Å². The van der Waals surface area contributed by atoms with Crippen LogP contribution in [0.1, 0.15) is 57.0 Å².